The fraction of sp³-hybridized carbons (Fsp3) is 0.350. The molecular weight excluding hydrogens is 272 g/mol. The number of hydrogen-bond donors (Lipinski definition) is 1. The molecule has 0 aliphatic heterocycles. The van der Waals surface area contributed by atoms with Gasteiger partial charge in [0.05, 0.1) is 5.92 Å². The number of aliphatic carboxylic acids is 1. The van der Waals surface area contributed by atoms with Crippen LogP contribution in [0.25, 0.3) is 0 Å². The first-order chi connectivity index (χ1) is 10.6. The van der Waals surface area contributed by atoms with Gasteiger partial charge < -0.3 is 5.11 Å². The van der Waals surface area contributed by atoms with Crippen molar-refractivity contribution in [2.45, 2.75) is 38.5 Å². The van der Waals surface area contributed by atoms with E-state index in [0.29, 0.717) is 6.42 Å². The molecule has 0 fully saturated rings. The molecule has 0 radical (unpaired) electrons. The minimum absolute atomic E-state index is 0.433. The molecule has 0 heterocycles. The molecule has 2 nitrogen and oxygen atoms in total. The summed E-state index contributed by atoms with van der Waals surface area (Å²) < 4.78 is 0. The van der Waals surface area contributed by atoms with Crippen molar-refractivity contribution in [2.24, 2.45) is 5.92 Å². The van der Waals surface area contributed by atoms with Crippen LogP contribution >= 0.6 is 0 Å². The zero-order valence-corrected chi connectivity index (χ0v) is 13.3. The maximum absolute atomic E-state index is 12.0. The van der Waals surface area contributed by atoms with Crippen molar-refractivity contribution in [1.82, 2.24) is 0 Å². The van der Waals surface area contributed by atoms with Crippen LogP contribution in [-0.4, -0.2) is 11.1 Å². The minimum Gasteiger partial charge on any atom is -0.481 e. The fourth-order valence-corrected chi connectivity index (χ4v) is 3.21. The van der Waals surface area contributed by atoms with Gasteiger partial charge in [-0.3, -0.25) is 4.79 Å². The number of carboxylic acids is 1. The van der Waals surface area contributed by atoms with Crippen LogP contribution in [0.2, 0.25) is 0 Å². The summed E-state index contributed by atoms with van der Waals surface area (Å²) in [5.41, 5.74) is 1.60. The molecule has 2 rings (SSSR count). The highest BCUT2D eigenvalue weighted by molar-refractivity contribution is 5.74. The molecule has 0 amide bonds. The van der Waals surface area contributed by atoms with Crippen LogP contribution in [-0.2, 0) is 10.2 Å². The van der Waals surface area contributed by atoms with Gasteiger partial charge >= 0.3 is 5.97 Å². The lowest BCUT2D eigenvalue weighted by Gasteiger charge is -2.36. The highest BCUT2D eigenvalue weighted by atomic mass is 16.4. The van der Waals surface area contributed by atoms with Crippen LogP contribution < -0.4 is 0 Å². The zero-order chi connectivity index (χ0) is 16.0. The second-order valence-corrected chi connectivity index (χ2v) is 5.97. The molecule has 0 bridgehead atoms. The Labute approximate surface area is 132 Å². The van der Waals surface area contributed by atoms with Gasteiger partial charge in [-0.05, 0) is 17.5 Å². The normalized spacial score (nSPS) is 12.8. The standard InChI is InChI=1S/C20H24O2/c1-3-4-15-18(19(21)22)20(2,16-11-7-5-8-12-16)17-13-9-6-10-14-17/h5-14,18H,3-4,15H2,1-2H3,(H,21,22). The summed E-state index contributed by atoms with van der Waals surface area (Å²) in [6, 6.07) is 20.0. The summed E-state index contributed by atoms with van der Waals surface area (Å²) in [7, 11) is 0. The first-order valence-electron chi connectivity index (χ1n) is 7.94. The smallest absolute Gasteiger partial charge is 0.307 e. The molecule has 1 N–H and O–H groups in total. The van der Waals surface area contributed by atoms with Crippen molar-refractivity contribution in [2.75, 3.05) is 0 Å². The third-order valence-electron chi connectivity index (χ3n) is 4.59. The predicted molar refractivity (Wildman–Crippen MR) is 90.0 cm³/mol. The summed E-state index contributed by atoms with van der Waals surface area (Å²) >= 11 is 0. The first-order valence-corrected chi connectivity index (χ1v) is 7.94. The summed E-state index contributed by atoms with van der Waals surface area (Å²) in [6.45, 7) is 4.16. The molecule has 1 unspecified atom stereocenters. The van der Waals surface area contributed by atoms with Crippen LogP contribution in [0.5, 0.6) is 0 Å². The Morgan fingerprint density at radius 1 is 1.00 bits per heavy atom. The second-order valence-electron chi connectivity index (χ2n) is 5.97. The Kier molecular flexibility index (Phi) is 5.37. The van der Waals surface area contributed by atoms with Gasteiger partial charge in [0.1, 0.15) is 0 Å². The van der Waals surface area contributed by atoms with Gasteiger partial charge in [0, 0.05) is 5.41 Å². The van der Waals surface area contributed by atoms with Crippen molar-refractivity contribution in [1.29, 1.82) is 0 Å². The third kappa shape index (κ3) is 3.22. The molecule has 2 aromatic carbocycles. The van der Waals surface area contributed by atoms with Gasteiger partial charge in [-0.2, -0.15) is 0 Å². The predicted octanol–water partition coefficient (Wildman–Crippen LogP) is 4.88. The highest BCUT2D eigenvalue weighted by Crippen LogP contribution is 2.41. The van der Waals surface area contributed by atoms with E-state index in [1.54, 1.807) is 0 Å². The average Bonchev–Trinajstić information content (AvgIpc) is 2.56. The van der Waals surface area contributed by atoms with Crippen LogP contribution in [0.1, 0.15) is 44.2 Å². The number of benzene rings is 2. The monoisotopic (exact) mass is 296 g/mol. The largest absolute Gasteiger partial charge is 0.481 e. The van der Waals surface area contributed by atoms with Gasteiger partial charge in [-0.1, -0.05) is 87.4 Å². The number of carboxylic acid groups (broad SMARTS) is 1. The Hall–Kier alpha value is -2.09. The molecule has 0 saturated heterocycles. The fourth-order valence-electron chi connectivity index (χ4n) is 3.21. The third-order valence-corrected chi connectivity index (χ3v) is 4.59. The number of rotatable bonds is 7. The molecule has 2 heteroatoms. The van der Waals surface area contributed by atoms with E-state index >= 15 is 0 Å². The summed E-state index contributed by atoms with van der Waals surface area (Å²) in [5, 5.41) is 9.86. The summed E-state index contributed by atoms with van der Waals surface area (Å²) in [5.74, 6) is -1.15. The molecule has 0 aliphatic rings. The molecule has 0 saturated carbocycles. The van der Waals surface area contributed by atoms with Crippen LogP contribution in [0.3, 0.4) is 0 Å². The number of hydrogen-bond acceptors (Lipinski definition) is 1. The van der Waals surface area contributed by atoms with E-state index in [0.717, 1.165) is 24.0 Å². The Morgan fingerprint density at radius 3 is 1.82 bits per heavy atom. The maximum atomic E-state index is 12.0. The maximum Gasteiger partial charge on any atom is 0.307 e. The van der Waals surface area contributed by atoms with Gasteiger partial charge in [0.2, 0.25) is 0 Å². The molecule has 116 valence electrons. The molecule has 1 atom stereocenters. The van der Waals surface area contributed by atoms with E-state index in [4.69, 9.17) is 0 Å². The van der Waals surface area contributed by atoms with Gasteiger partial charge in [0.15, 0.2) is 0 Å². The van der Waals surface area contributed by atoms with Gasteiger partial charge in [0.25, 0.3) is 0 Å². The van der Waals surface area contributed by atoms with E-state index in [1.165, 1.54) is 0 Å². The van der Waals surface area contributed by atoms with Gasteiger partial charge in [-0.15, -0.1) is 0 Å². The van der Waals surface area contributed by atoms with Crippen LogP contribution in [0, 0.1) is 5.92 Å². The quantitative estimate of drug-likeness (QED) is 0.790. The van der Waals surface area contributed by atoms with Crippen molar-refractivity contribution < 1.29 is 9.90 Å². The Bertz CT molecular complexity index is 550. The minimum atomic E-state index is -0.719. The van der Waals surface area contributed by atoms with Crippen molar-refractivity contribution >= 4 is 5.97 Å². The SMILES string of the molecule is CCCCC(C(=O)O)C(C)(c1ccccc1)c1ccccc1. The van der Waals surface area contributed by atoms with Crippen LogP contribution in [0.4, 0.5) is 0 Å². The number of unbranched alkanes of at least 4 members (excludes halogenated alkanes) is 1. The van der Waals surface area contributed by atoms with E-state index in [-0.39, 0.29) is 0 Å². The van der Waals surface area contributed by atoms with Gasteiger partial charge in [-0.25, -0.2) is 0 Å². The second kappa shape index (κ2) is 7.26. The lowest BCUT2D eigenvalue weighted by Crippen LogP contribution is -2.38. The summed E-state index contributed by atoms with van der Waals surface area (Å²) in [6.07, 6.45) is 2.61. The lowest BCUT2D eigenvalue weighted by atomic mass is 9.65. The van der Waals surface area contributed by atoms with Crippen molar-refractivity contribution in [3.05, 3.63) is 71.8 Å². The first kappa shape index (κ1) is 16.3. The molecule has 0 aliphatic carbocycles. The summed E-state index contributed by atoms with van der Waals surface area (Å²) in [4.78, 5) is 12.0. The molecule has 2 aromatic rings. The molecule has 22 heavy (non-hydrogen) atoms. The zero-order valence-electron chi connectivity index (χ0n) is 13.3. The van der Waals surface area contributed by atoms with E-state index in [2.05, 4.69) is 13.8 Å². The molecule has 0 aromatic heterocycles. The Morgan fingerprint density at radius 2 is 1.45 bits per heavy atom. The van der Waals surface area contributed by atoms with E-state index in [9.17, 15) is 9.90 Å². The van der Waals surface area contributed by atoms with Crippen molar-refractivity contribution in [3.63, 3.8) is 0 Å². The van der Waals surface area contributed by atoms with E-state index in [1.807, 2.05) is 60.7 Å². The lowest BCUT2D eigenvalue weighted by molar-refractivity contribution is -0.144. The number of carbonyl (C=O) groups is 1. The topological polar surface area (TPSA) is 37.3 Å². The van der Waals surface area contributed by atoms with E-state index < -0.39 is 17.3 Å². The Balaban J connectivity index is 2.56. The van der Waals surface area contributed by atoms with Crippen molar-refractivity contribution in [3.8, 4) is 0 Å². The highest BCUT2D eigenvalue weighted by Gasteiger charge is 2.41. The molecular formula is C20H24O2. The molecule has 0 spiro atoms. The van der Waals surface area contributed by atoms with Crippen LogP contribution in [0.15, 0.2) is 60.7 Å². The average molecular weight is 296 g/mol.